The zero-order chi connectivity index (χ0) is 10.9. The van der Waals surface area contributed by atoms with E-state index in [1.54, 1.807) is 12.3 Å². The minimum Gasteiger partial charge on any atom is -0.445 e. The molecule has 0 bridgehead atoms. The second-order valence-electron chi connectivity index (χ2n) is 3.78. The van der Waals surface area contributed by atoms with E-state index in [-0.39, 0.29) is 57.4 Å². The monoisotopic (exact) mass is 251 g/mol. The van der Waals surface area contributed by atoms with Crippen molar-refractivity contribution >= 4 is 13.1 Å². The fourth-order valence-electron chi connectivity index (χ4n) is 1.38. The number of hydrogen-bond acceptors (Lipinski definition) is 1. The average Bonchev–Trinajstić information content (AvgIpc) is 2.98. The Hall–Kier alpha value is 0.381. The van der Waals surface area contributed by atoms with E-state index < -0.39 is 6.98 Å². The first-order chi connectivity index (χ1) is 7.04. The number of pyridine rings is 1. The van der Waals surface area contributed by atoms with Crippen molar-refractivity contribution in [1.29, 1.82) is 0 Å². The summed E-state index contributed by atoms with van der Waals surface area (Å²) in [6.07, 6.45) is 5.02. The number of aromatic nitrogens is 1. The Bertz CT molecular complexity index is 371. The fourth-order valence-corrected chi connectivity index (χ4v) is 1.38. The van der Waals surface area contributed by atoms with E-state index >= 15 is 0 Å². The van der Waals surface area contributed by atoms with Gasteiger partial charge < -0.3 is 12.9 Å². The molecule has 1 aliphatic carbocycles. The van der Waals surface area contributed by atoms with Gasteiger partial charge >= 0.3 is 58.4 Å². The van der Waals surface area contributed by atoms with Crippen molar-refractivity contribution in [3.05, 3.63) is 35.6 Å². The number of nitrogens with zero attached hydrogens (tertiary/aromatic N) is 1. The predicted molar refractivity (Wildman–Crippen MR) is 54.3 cm³/mol. The van der Waals surface area contributed by atoms with Gasteiger partial charge in [-0.2, -0.15) is 0 Å². The van der Waals surface area contributed by atoms with Gasteiger partial charge in [0.05, 0.1) is 5.69 Å². The first kappa shape index (κ1) is 14.4. The first-order valence-electron chi connectivity index (χ1n) is 4.90. The zero-order valence-electron chi connectivity index (χ0n) is 9.04. The summed E-state index contributed by atoms with van der Waals surface area (Å²) >= 11 is 0. The maximum atomic E-state index is 11.9. The summed E-state index contributed by atoms with van der Waals surface area (Å²) in [6.45, 7) is -4.86. The van der Waals surface area contributed by atoms with Crippen molar-refractivity contribution in [2.75, 3.05) is 0 Å². The second kappa shape index (κ2) is 5.82. The molecule has 80 valence electrons. The van der Waals surface area contributed by atoms with E-state index in [4.69, 9.17) is 0 Å². The van der Waals surface area contributed by atoms with Gasteiger partial charge in [-0.3, -0.25) is 4.98 Å². The van der Waals surface area contributed by atoms with E-state index in [0.717, 1.165) is 11.6 Å². The third-order valence-corrected chi connectivity index (χ3v) is 2.34. The number of rotatable bonds is 3. The Labute approximate surface area is 135 Å². The summed E-state index contributed by atoms with van der Waals surface area (Å²) < 4.78 is 35.7. The molecule has 1 saturated carbocycles. The molecule has 6 heteroatoms. The van der Waals surface area contributed by atoms with Crippen LogP contribution in [0, 0.1) is 0 Å². The van der Waals surface area contributed by atoms with E-state index in [9.17, 15) is 12.9 Å². The van der Waals surface area contributed by atoms with Gasteiger partial charge in [0.15, 0.2) is 0 Å². The van der Waals surface area contributed by atoms with Crippen molar-refractivity contribution in [1.82, 2.24) is 4.98 Å². The van der Waals surface area contributed by atoms with E-state index in [1.165, 1.54) is 12.8 Å². The molecule has 0 aliphatic heterocycles. The fraction of sp³-hybridized carbons (Fsp3) is 0.300. The van der Waals surface area contributed by atoms with Crippen LogP contribution in [0.1, 0.15) is 30.0 Å². The van der Waals surface area contributed by atoms with Gasteiger partial charge in [-0.15, -0.1) is 5.98 Å². The number of hydrogen-bond donors (Lipinski definition) is 0. The molecule has 1 heterocycles. The van der Waals surface area contributed by atoms with Gasteiger partial charge in [-0.25, -0.2) is 0 Å². The van der Waals surface area contributed by atoms with Crippen LogP contribution in [0.4, 0.5) is 12.9 Å². The second-order valence-corrected chi connectivity index (χ2v) is 3.78. The molecule has 1 aromatic heterocycles. The molecular formula is C10H10BF3KN. The van der Waals surface area contributed by atoms with Gasteiger partial charge in [0.25, 0.3) is 0 Å². The normalized spacial score (nSPS) is 16.2. The van der Waals surface area contributed by atoms with Crippen LogP contribution in [0.15, 0.2) is 24.3 Å². The molecule has 1 fully saturated rings. The molecule has 0 unspecified atom stereocenters. The standard InChI is InChI=1S/C10H10BF3N.K/c12-11(13,14)6-5-10-4-3-9(7-15-10)8-1-2-8;/h3-8H,1-2H2;/q-1;+1/b6-5+;. The molecule has 0 N–H and O–H groups in total. The smallest absolute Gasteiger partial charge is 0.445 e. The largest absolute Gasteiger partial charge is 1.00 e. The summed E-state index contributed by atoms with van der Waals surface area (Å²) in [6, 6.07) is 3.49. The summed E-state index contributed by atoms with van der Waals surface area (Å²) in [5, 5.41) is 0. The third-order valence-electron chi connectivity index (χ3n) is 2.34. The molecule has 1 aromatic rings. The Kier molecular flexibility index (Phi) is 5.25. The van der Waals surface area contributed by atoms with Gasteiger partial charge in [0, 0.05) is 6.20 Å². The van der Waals surface area contributed by atoms with Crippen LogP contribution in [0.25, 0.3) is 6.08 Å². The quantitative estimate of drug-likeness (QED) is 0.707. The van der Waals surface area contributed by atoms with Crippen LogP contribution in [0.3, 0.4) is 0 Å². The molecule has 16 heavy (non-hydrogen) atoms. The topological polar surface area (TPSA) is 12.9 Å². The summed E-state index contributed by atoms with van der Waals surface area (Å²) in [5.41, 5.74) is 1.49. The van der Waals surface area contributed by atoms with Gasteiger partial charge in [0.1, 0.15) is 0 Å². The predicted octanol–water partition coefficient (Wildman–Crippen LogP) is 0.363. The molecule has 2 rings (SSSR count). The maximum absolute atomic E-state index is 11.9. The van der Waals surface area contributed by atoms with Gasteiger partial charge in [0.2, 0.25) is 0 Å². The van der Waals surface area contributed by atoms with Crippen molar-refractivity contribution in [2.24, 2.45) is 0 Å². The van der Waals surface area contributed by atoms with E-state index in [1.807, 2.05) is 6.07 Å². The van der Waals surface area contributed by atoms with Crippen LogP contribution in [-0.4, -0.2) is 12.0 Å². The summed E-state index contributed by atoms with van der Waals surface area (Å²) in [5.74, 6) is 0.849. The molecule has 0 amide bonds. The minimum atomic E-state index is -4.86. The third kappa shape index (κ3) is 4.71. The number of halogens is 3. The van der Waals surface area contributed by atoms with Crippen LogP contribution in [-0.2, 0) is 0 Å². The molecule has 0 saturated heterocycles. The van der Waals surface area contributed by atoms with E-state index in [2.05, 4.69) is 4.98 Å². The first-order valence-corrected chi connectivity index (χ1v) is 4.90. The molecule has 1 aliphatic rings. The summed E-state index contributed by atoms with van der Waals surface area (Å²) in [4.78, 5) is 3.97. The van der Waals surface area contributed by atoms with Crippen LogP contribution in [0.5, 0.6) is 0 Å². The van der Waals surface area contributed by atoms with Crippen LogP contribution >= 0.6 is 0 Å². The molecular weight excluding hydrogens is 241 g/mol. The Balaban J connectivity index is 0.00000128. The Morgan fingerprint density at radius 1 is 1.25 bits per heavy atom. The molecule has 0 atom stereocenters. The van der Waals surface area contributed by atoms with Gasteiger partial charge in [-0.05, 0) is 30.4 Å². The maximum Gasteiger partial charge on any atom is 1.00 e. The van der Waals surface area contributed by atoms with E-state index in [0.29, 0.717) is 11.6 Å². The molecule has 1 nitrogen and oxygen atoms in total. The summed E-state index contributed by atoms with van der Waals surface area (Å²) in [7, 11) is 0. The van der Waals surface area contributed by atoms with Crippen LogP contribution < -0.4 is 51.4 Å². The van der Waals surface area contributed by atoms with Gasteiger partial charge in [-0.1, -0.05) is 12.1 Å². The molecule has 0 spiro atoms. The van der Waals surface area contributed by atoms with Crippen LogP contribution in [0.2, 0.25) is 0 Å². The Morgan fingerprint density at radius 2 is 1.94 bits per heavy atom. The van der Waals surface area contributed by atoms with Crippen molar-refractivity contribution in [2.45, 2.75) is 18.8 Å². The zero-order valence-corrected chi connectivity index (χ0v) is 12.2. The van der Waals surface area contributed by atoms with Crippen molar-refractivity contribution < 1.29 is 64.3 Å². The van der Waals surface area contributed by atoms with Crippen molar-refractivity contribution in [3.8, 4) is 0 Å². The van der Waals surface area contributed by atoms with Crippen molar-refractivity contribution in [3.63, 3.8) is 0 Å². The molecule has 0 aromatic carbocycles. The minimum absolute atomic E-state index is 0. The Morgan fingerprint density at radius 3 is 2.38 bits per heavy atom. The molecule has 0 radical (unpaired) electrons. The SMILES string of the molecule is F[B-](F)(F)/C=C/c1ccc(C2CC2)cn1.[K+]. The average molecular weight is 251 g/mol.